The molecule has 27 heavy (non-hydrogen) atoms. The fourth-order valence-electron chi connectivity index (χ4n) is 2.95. The minimum Gasteiger partial charge on any atom is -0.378 e. The van der Waals surface area contributed by atoms with E-state index in [9.17, 15) is 13.2 Å². The van der Waals surface area contributed by atoms with E-state index in [1.54, 1.807) is 11.3 Å². The monoisotopic (exact) mass is 408 g/mol. The van der Waals surface area contributed by atoms with Crippen molar-refractivity contribution in [3.63, 3.8) is 0 Å². The van der Waals surface area contributed by atoms with Gasteiger partial charge >= 0.3 is 0 Å². The van der Waals surface area contributed by atoms with Gasteiger partial charge in [0.25, 0.3) is 5.91 Å². The number of carbonyl (C=O) groups is 1. The molecule has 1 aromatic heterocycles. The highest BCUT2D eigenvalue weighted by atomic mass is 32.2. The standard InChI is InChI=1S/C19H24N2O4S2/c22-19(20-11-9-16-3-1-13-25-16)15-5-7-18(8-6-15)27(23,24)21-12-10-17-4-2-14-26-17/h2,4-8,14,16,21H,1,3,9-13H2,(H,20,22)/t16-/m0/s1. The lowest BCUT2D eigenvalue weighted by Gasteiger charge is -2.10. The average molecular weight is 409 g/mol. The maximum absolute atomic E-state index is 12.3. The molecule has 0 spiro atoms. The van der Waals surface area contributed by atoms with E-state index in [0.717, 1.165) is 30.7 Å². The molecule has 0 bridgehead atoms. The van der Waals surface area contributed by atoms with Crippen LogP contribution in [0.5, 0.6) is 0 Å². The summed E-state index contributed by atoms with van der Waals surface area (Å²) in [7, 11) is -3.58. The van der Waals surface area contributed by atoms with E-state index in [1.807, 2.05) is 17.5 Å². The largest absolute Gasteiger partial charge is 0.378 e. The van der Waals surface area contributed by atoms with Crippen molar-refractivity contribution in [2.75, 3.05) is 19.7 Å². The summed E-state index contributed by atoms with van der Waals surface area (Å²) in [5.41, 5.74) is 0.444. The number of rotatable bonds is 9. The maximum atomic E-state index is 12.3. The number of carbonyl (C=O) groups excluding carboxylic acids is 1. The van der Waals surface area contributed by atoms with Gasteiger partial charge in [-0.3, -0.25) is 4.79 Å². The summed E-state index contributed by atoms with van der Waals surface area (Å²) >= 11 is 1.60. The second-order valence-corrected chi connectivity index (χ2v) is 9.23. The third-order valence-electron chi connectivity index (χ3n) is 4.45. The van der Waals surface area contributed by atoms with Crippen molar-refractivity contribution in [3.8, 4) is 0 Å². The van der Waals surface area contributed by atoms with Gasteiger partial charge in [-0.05, 0) is 61.4 Å². The molecule has 1 fully saturated rings. The number of thiophene rings is 1. The zero-order valence-electron chi connectivity index (χ0n) is 15.0. The predicted molar refractivity (Wildman–Crippen MR) is 106 cm³/mol. The lowest BCUT2D eigenvalue weighted by molar-refractivity contribution is 0.0907. The second-order valence-electron chi connectivity index (χ2n) is 6.43. The minimum absolute atomic E-state index is 0.157. The number of ether oxygens (including phenoxy) is 1. The van der Waals surface area contributed by atoms with Gasteiger partial charge < -0.3 is 10.1 Å². The smallest absolute Gasteiger partial charge is 0.251 e. The van der Waals surface area contributed by atoms with Crippen LogP contribution in [0.1, 0.15) is 34.5 Å². The molecule has 1 aromatic carbocycles. The summed E-state index contributed by atoms with van der Waals surface area (Å²) in [6.07, 6.45) is 3.81. The number of sulfonamides is 1. The zero-order chi connectivity index (χ0) is 19.1. The van der Waals surface area contributed by atoms with E-state index in [2.05, 4.69) is 10.0 Å². The molecule has 0 aliphatic carbocycles. The first kappa shape index (κ1) is 20.0. The highest BCUT2D eigenvalue weighted by Gasteiger charge is 2.17. The highest BCUT2D eigenvalue weighted by Crippen LogP contribution is 2.15. The number of amides is 1. The molecule has 1 amide bonds. The Balaban J connectivity index is 1.48. The van der Waals surface area contributed by atoms with Crippen molar-refractivity contribution in [2.45, 2.75) is 36.7 Å². The van der Waals surface area contributed by atoms with Gasteiger partial charge in [0, 0.05) is 30.1 Å². The van der Waals surface area contributed by atoms with Crippen LogP contribution in [0.25, 0.3) is 0 Å². The van der Waals surface area contributed by atoms with Gasteiger partial charge in [0.15, 0.2) is 0 Å². The molecule has 146 valence electrons. The van der Waals surface area contributed by atoms with Crippen molar-refractivity contribution in [3.05, 3.63) is 52.2 Å². The number of hydrogen-bond acceptors (Lipinski definition) is 5. The SMILES string of the molecule is O=C(NCC[C@@H]1CCCO1)c1ccc(S(=O)(=O)NCCc2cccs2)cc1. The number of benzene rings is 1. The van der Waals surface area contributed by atoms with Crippen molar-refractivity contribution < 1.29 is 17.9 Å². The van der Waals surface area contributed by atoms with Gasteiger partial charge in [0.1, 0.15) is 0 Å². The van der Waals surface area contributed by atoms with Crippen molar-refractivity contribution >= 4 is 27.3 Å². The summed E-state index contributed by atoms with van der Waals surface area (Å²) in [4.78, 5) is 13.5. The van der Waals surface area contributed by atoms with E-state index in [4.69, 9.17) is 4.74 Å². The molecule has 2 N–H and O–H groups in total. The lowest BCUT2D eigenvalue weighted by atomic mass is 10.1. The highest BCUT2D eigenvalue weighted by molar-refractivity contribution is 7.89. The van der Waals surface area contributed by atoms with Gasteiger partial charge in [0.05, 0.1) is 11.0 Å². The summed E-state index contributed by atoms with van der Waals surface area (Å²) in [5, 5.41) is 4.82. The van der Waals surface area contributed by atoms with Crippen LogP contribution in [0.4, 0.5) is 0 Å². The molecule has 1 aliphatic heterocycles. The Morgan fingerprint density at radius 2 is 2.00 bits per heavy atom. The second kappa shape index (κ2) is 9.45. The lowest BCUT2D eigenvalue weighted by Crippen LogP contribution is -2.27. The molecule has 1 atom stereocenters. The molecule has 2 aromatic rings. The molecule has 0 saturated carbocycles. The molecule has 1 saturated heterocycles. The Morgan fingerprint density at radius 3 is 2.67 bits per heavy atom. The van der Waals surface area contributed by atoms with E-state index < -0.39 is 10.0 Å². The number of hydrogen-bond donors (Lipinski definition) is 2. The van der Waals surface area contributed by atoms with Gasteiger partial charge in [0.2, 0.25) is 10.0 Å². The van der Waals surface area contributed by atoms with Crippen molar-refractivity contribution in [1.29, 1.82) is 0 Å². The average Bonchev–Trinajstić information content (AvgIpc) is 3.36. The Hall–Kier alpha value is -1.74. The summed E-state index contributed by atoms with van der Waals surface area (Å²) in [6.45, 7) is 1.69. The van der Waals surface area contributed by atoms with E-state index >= 15 is 0 Å². The van der Waals surface area contributed by atoms with Crippen LogP contribution in [0, 0.1) is 0 Å². The topological polar surface area (TPSA) is 84.5 Å². The maximum Gasteiger partial charge on any atom is 0.251 e. The third kappa shape index (κ3) is 5.87. The Kier molecular flexibility index (Phi) is 7.01. The fraction of sp³-hybridized carbons (Fsp3) is 0.421. The van der Waals surface area contributed by atoms with Gasteiger partial charge in [-0.25, -0.2) is 13.1 Å². The van der Waals surface area contributed by atoms with E-state index in [-0.39, 0.29) is 16.9 Å². The summed E-state index contributed by atoms with van der Waals surface area (Å²) in [6, 6.07) is 9.92. The van der Waals surface area contributed by atoms with Crippen LogP contribution >= 0.6 is 11.3 Å². The van der Waals surface area contributed by atoms with Crippen LogP contribution in [0.3, 0.4) is 0 Å². The molecular formula is C19H24N2O4S2. The molecule has 0 radical (unpaired) electrons. The van der Waals surface area contributed by atoms with Crippen LogP contribution in [-0.2, 0) is 21.2 Å². The van der Waals surface area contributed by atoms with Gasteiger partial charge in [-0.1, -0.05) is 6.07 Å². The normalized spacial score (nSPS) is 17.1. The molecular weight excluding hydrogens is 384 g/mol. The van der Waals surface area contributed by atoms with Crippen LogP contribution in [0.2, 0.25) is 0 Å². The zero-order valence-corrected chi connectivity index (χ0v) is 16.7. The minimum atomic E-state index is -3.58. The molecule has 3 rings (SSSR count). The molecule has 1 aliphatic rings. The molecule has 0 unspecified atom stereocenters. The van der Waals surface area contributed by atoms with Crippen LogP contribution < -0.4 is 10.0 Å². The molecule has 8 heteroatoms. The first-order valence-corrected chi connectivity index (χ1v) is 11.4. The Labute approximate surface area is 164 Å². The van der Waals surface area contributed by atoms with Crippen LogP contribution in [-0.4, -0.2) is 40.1 Å². The Bertz CT molecular complexity index is 827. The fourth-order valence-corrected chi connectivity index (χ4v) is 4.69. The van der Waals surface area contributed by atoms with E-state index in [0.29, 0.717) is 25.1 Å². The summed E-state index contributed by atoms with van der Waals surface area (Å²) < 4.78 is 32.8. The van der Waals surface area contributed by atoms with Crippen LogP contribution in [0.15, 0.2) is 46.7 Å². The van der Waals surface area contributed by atoms with Gasteiger partial charge in [-0.2, -0.15) is 0 Å². The third-order valence-corrected chi connectivity index (χ3v) is 6.86. The quantitative estimate of drug-likeness (QED) is 0.668. The predicted octanol–water partition coefficient (Wildman–Crippen LogP) is 2.57. The Morgan fingerprint density at radius 1 is 1.19 bits per heavy atom. The van der Waals surface area contributed by atoms with Crippen molar-refractivity contribution in [1.82, 2.24) is 10.0 Å². The first-order chi connectivity index (χ1) is 13.0. The molecule has 6 nitrogen and oxygen atoms in total. The van der Waals surface area contributed by atoms with Gasteiger partial charge in [-0.15, -0.1) is 11.3 Å². The summed E-state index contributed by atoms with van der Waals surface area (Å²) in [5.74, 6) is -0.206. The van der Waals surface area contributed by atoms with E-state index in [1.165, 1.54) is 24.3 Å². The first-order valence-electron chi connectivity index (χ1n) is 9.06. The van der Waals surface area contributed by atoms with Crippen molar-refractivity contribution in [2.24, 2.45) is 0 Å². The molecule has 2 heterocycles. The number of nitrogens with one attached hydrogen (secondary N) is 2.